The lowest BCUT2D eigenvalue weighted by molar-refractivity contribution is 0.00655. The minimum atomic E-state index is -0.122. The number of methoxy groups -OCH3 is 4. The van der Waals surface area contributed by atoms with Crippen molar-refractivity contribution in [2.24, 2.45) is 0 Å². The van der Waals surface area contributed by atoms with Crippen LogP contribution in [0, 0.1) is 27.7 Å². The summed E-state index contributed by atoms with van der Waals surface area (Å²) in [5.41, 5.74) is 5.14. The average molecular weight is 907 g/mol. The Labute approximate surface area is 381 Å². The molecule has 0 radical (unpaired) electrons. The third-order valence-corrected chi connectivity index (χ3v) is 12.7. The van der Waals surface area contributed by atoms with Gasteiger partial charge in [0.25, 0.3) is 11.8 Å². The van der Waals surface area contributed by atoms with Gasteiger partial charge in [-0.1, -0.05) is 47.8 Å². The van der Waals surface area contributed by atoms with Crippen LogP contribution in [0.5, 0.6) is 11.5 Å². The van der Waals surface area contributed by atoms with Crippen LogP contribution in [-0.2, 0) is 9.47 Å². The molecular formula is C46H66N8O7S2. The lowest BCUT2D eigenvalue weighted by atomic mass is 10.0. The molecule has 0 saturated carbocycles. The maximum atomic E-state index is 12.8. The second-order valence-electron chi connectivity index (χ2n) is 15.6. The van der Waals surface area contributed by atoms with Crippen molar-refractivity contribution in [3.05, 3.63) is 94.6 Å². The van der Waals surface area contributed by atoms with Crippen molar-refractivity contribution in [2.75, 3.05) is 79.2 Å². The highest BCUT2D eigenvalue weighted by Gasteiger charge is 2.32. The van der Waals surface area contributed by atoms with Crippen molar-refractivity contribution in [1.29, 1.82) is 0 Å². The fraction of sp³-hybridized carbons (Fsp3) is 0.522. The van der Waals surface area contributed by atoms with Crippen molar-refractivity contribution in [1.82, 2.24) is 40.4 Å². The van der Waals surface area contributed by atoms with E-state index >= 15 is 0 Å². The molecule has 2 aromatic carbocycles. The SMILES string of the molecule is COc1ccccc1C(=O)NC1CCN(CCCSc2nc(C)cc(C)n2)CC1OC.COc1ccccc1C(=O)NC1CCN(CCCSc2nc(C)cc(C)n2)CC1OC.O. The van der Waals surface area contributed by atoms with Gasteiger partial charge in [-0.05, 0) is 103 Å². The quantitative estimate of drug-likeness (QED) is 0.0737. The van der Waals surface area contributed by atoms with Gasteiger partial charge in [-0.3, -0.25) is 9.59 Å². The number of hydrogen-bond acceptors (Lipinski definition) is 14. The number of carbonyl (C=O) groups excluding carboxylic acids is 2. The van der Waals surface area contributed by atoms with Gasteiger partial charge in [0, 0.05) is 74.7 Å². The van der Waals surface area contributed by atoms with Gasteiger partial charge in [0.1, 0.15) is 11.5 Å². The summed E-state index contributed by atoms with van der Waals surface area (Å²) in [7, 11) is 6.58. The Balaban J connectivity index is 0.000000272. The van der Waals surface area contributed by atoms with Crippen LogP contribution in [-0.4, -0.2) is 151 Å². The molecule has 4 atom stereocenters. The van der Waals surface area contributed by atoms with Gasteiger partial charge >= 0.3 is 0 Å². The number of ether oxygens (including phenoxy) is 4. The van der Waals surface area contributed by atoms with Gasteiger partial charge in [-0.2, -0.15) is 0 Å². The summed E-state index contributed by atoms with van der Waals surface area (Å²) in [5.74, 6) is 2.87. The van der Waals surface area contributed by atoms with Crippen LogP contribution in [0.15, 0.2) is 71.0 Å². The van der Waals surface area contributed by atoms with E-state index in [-0.39, 0.29) is 41.6 Å². The molecule has 4 heterocycles. The Kier molecular flexibility index (Phi) is 21.5. The summed E-state index contributed by atoms with van der Waals surface area (Å²) >= 11 is 3.41. The van der Waals surface area contributed by atoms with Gasteiger partial charge < -0.3 is 44.9 Å². The molecule has 4 unspecified atom stereocenters. The number of amides is 2. The minimum Gasteiger partial charge on any atom is -0.496 e. The highest BCUT2D eigenvalue weighted by Crippen LogP contribution is 2.23. The van der Waals surface area contributed by atoms with Crippen molar-refractivity contribution < 1.29 is 34.0 Å². The molecule has 344 valence electrons. The average Bonchev–Trinajstić information content (AvgIpc) is 3.26. The largest absolute Gasteiger partial charge is 0.496 e. The van der Waals surface area contributed by atoms with Gasteiger partial charge in [0.15, 0.2) is 10.3 Å². The molecule has 0 spiro atoms. The number of rotatable bonds is 18. The standard InChI is InChI=1S/2C23H32N4O3S.H2O/c2*1-16-14-17(2)25-23(24-16)31-13-7-11-27-12-10-19(21(15-27)30-4)26-22(28)18-8-5-6-9-20(18)29-3;/h2*5-6,8-9,14,19,21H,7,10-13,15H2,1-4H3,(H,26,28);1H2. The number of piperidine rings is 2. The van der Waals surface area contributed by atoms with E-state index in [9.17, 15) is 9.59 Å². The number of aromatic nitrogens is 4. The number of hydrogen-bond donors (Lipinski definition) is 2. The van der Waals surface area contributed by atoms with Crippen LogP contribution in [0.25, 0.3) is 0 Å². The highest BCUT2D eigenvalue weighted by molar-refractivity contribution is 7.99. The zero-order chi connectivity index (χ0) is 44.4. The maximum absolute atomic E-state index is 12.8. The number of nitrogens with zero attached hydrogens (tertiary/aromatic N) is 6. The van der Waals surface area contributed by atoms with E-state index < -0.39 is 0 Å². The summed E-state index contributed by atoms with van der Waals surface area (Å²) in [6.45, 7) is 13.5. The van der Waals surface area contributed by atoms with Crippen LogP contribution in [0.3, 0.4) is 0 Å². The predicted octanol–water partition coefficient (Wildman–Crippen LogP) is 5.38. The lowest BCUT2D eigenvalue weighted by Gasteiger charge is -2.38. The Morgan fingerprint density at radius 3 is 1.33 bits per heavy atom. The Bertz CT molecular complexity index is 1870. The fourth-order valence-corrected chi connectivity index (χ4v) is 9.50. The maximum Gasteiger partial charge on any atom is 0.255 e. The monoisotopic (exact) mass is 906 g/mol. The summed E-state index contributed by atoms with van der Waals surface area (Å²) in [6.07, 6.45) is 3.73. The van der Waals surface area contributed by atoms with Gasteiger partial charge in [0.2, 0.25) is 0 Å². The van der Waals surface area contributed by atoms with E-state index in [1.807, 2.05) is 64.1 Å². The number of aryl methyl sites for hydroxylation is 4. The minimum absolute atomic E-state index is 0. The molecule has 6 rings (SSSR count). The first-order valence-electron chi connectivity index (χ1n) is 21.3. The van der Waals surface area contributed by atoms with E-state index in [4.69, 9.17) is 18.9 Å². The van der Waals surface area contributed by atoms with E-state index in [0.29, 0.717) is 22.6 Å². The van der Waals surface area contributed by atoms with Gasteiger partial charge in [-0.15, -0.1) is 0 Å². The number of benzene rings is 2. The third-order valence-electron chi connectivity index (χ3n) is 10.9. The van der Waals surface area contributed by atoms with Crippen LogP contribution in [0.1, 0.15) is 69.2 Å². The van der Waals surface area contributed by atoms with E-state index in [2.05, 4.69) is 40.4 Å². The first-order valence-corrected chi connectivity index (χ1v) is 23.3. The van der Waals surface area contributed by atoms with Crippen LogP contribution >= 0.6 is 23.5 Å². The molecule has 17 heteroatoms. The van der Waals surface area contributed by atoms with E-state index in [1.54, 1.807) is 76.2 Å². The molecule has 4 N–H and O–H groups in total. The van der Waals surface area contributed by atoms with Crippen LogP contribution < -0.4 is 20.1 Å². The summed E-state index contributed by atoms with van der Waals surface area (Å²) in [5, 5.41) is 7.98. The zero-order valence-corrected chi connectivity index (χ0v) is 39.7. The summed E-state index contributed by atoms with van der Waals surface area (Å²) in [6, 6.07) is 18.5. The Morgan fingerprint density at radius 1 is 0.619 bits per heavy atom. The molecule has 2 aliphatic rings. The smallest absolute Gasteiger partial charge is 0.255 e. The third kappa shape index (κ3) is 16.0. The molecule has 2 saturated heterocycles. The van der Waals surface area contributed by atoms with Crippen molar-refractivity contribution in [2.45, 2.75) is 88.0 Å². The van der Waals surface area contributed by atoms with E-state index in [1.165, 1.54) is 0 Å². The van der Waals surface area contributed by atoms with Gasteiger partial charge in [0.05, 0.1) is 49.6 Å². The van der Waals surface area contributed by atoms with Gasteiger partial charge in [-0.25, -0.2) is 19.9 Å². The van der Waals surface area contributed by atoms with E-state index in [0.717, 1.165) is 110 Å². The molecule has 2 aromatic heterocycles. The Morgan fingerprint density at radius 2 is 0.984 bits per heavy atom. The van der Waals surface area contributed by atoms with Crippen molar-refractivity contribution in [3.8, 4) is 11.5 Å². The molecule has 63 heavy (non-hydrogen) atoms. The zero-order valence-electron chi connectivity index (χ0n) is 38.0. The van der Waals surface area contributed by atoms with Crippen molar-refractivity contribution in [3.63, 3.8) is 0 Å². The normalized spacial score (nSPS) is 18.9. The molecule has 0 bridgehead atoms. The number of nitrogens with one attached hydrogen (secondary N) is 2. The number of carbonyl (C=O) groups is 2. The molecule has 2 amide bonds. The predicted molar refractivity (Wildman–Crippen MR) is 250 cm³/mol. The molecule has 4 aromatic rings. The number of likely N-dealkylation sites (tertiary alicyclic amines) is 2. The van der Waals surface area contributed by atoms with Crippen molar-refractivity contribution >= 4 is 35.3 Å². The highest BCUT2D eigenvalue weighted by atomic mass is 32.2. The molecule has 0 aliphatic carbocycles. The molecule has 15 nitrogen and oxygen atoms in total. The topological polar surface area (TPSA) is 185 Å². The second-order valence-corrected chi connectivity index (χ2v) is 17.7. The number of thioether (sulfide) groups is 2. The fourth-order valence-electron chi connectivity index (χ4n) is 7.75. The first-order chi connectivity index (χ1) is 30.0. The van der Waals surface area contributed by atoms with Crippen LogP contribution in [0.2, 0.25) is 0 Å². The lowest BCUT2D eigenvalue weighted by Crippen LogP contribution is -2.55. The Hall–Kier alpha value is -4.36. The molecule has 2 fully saturated rings. The second kappa shape index (κ2) is 26.4. The molecular weight excluding hydrogens is 841 g/mol. The summed E-state index contributed by atoms with van der Waals surface area (Å²) in [4.78, 5) is 48.3. The molecule has 2 aliphatic heterocycles. The van der Waals surface area contributed by atoms with Crippen LogP contribution in [0.4, 0.5) is 0 Å². The first kappa shape index (κ1) is 51.3. The number of para-hydroxylation sites is 2. The summed E-state index contributed by atoms with van der Waals surface area (Å²) < 4.78 is 22.1.